The third-order valence-corrected chi connectivity index (χ3v) is 5.53. The van der Waals surface area contributed by atoms with Crippen LogP contribution in [0, 0.1) is 5.92 Å². The van der Waals surface area contributed by atoms with Gasteiger partial charge in [-0.3, -0.25) is 9.59 Å². The second kappa shape index (κ2) is 8.35. The number of amides is 2. The number of nitrogens with one attached hydrogen (secondary N) is 2. The molecule has 0 spiro atoms. The van der Waals surface area contributed by atoms with E-state index in [1.807, 2.05) is 59.5 Å². The number of para-hydroxylation sites is 1. The van der Waals surface area contributed by atoms with E-state index in [0.29, 0.717) is 24.3 Å². The highest BCUT2D eigenvalue weighted by atomic mass is 16.2. The maximum atomic E-state index is 12.8. The van der Waals surface area contributed by atoms with E-state index in [-0.39, 0.29) is 17.7 Å². The number of H-pyrrole nitrogens is 1. The molecule has 148 valence electrons. The van der Waals surface area contributed by atoms with Gasteiger partial charge in [0.15, 0.2) is 0 Å². The standard InChI is InChI=1S/C24H25N3O2/c1-2-17-9-11-19(12-10-17)24(29)27-13-5-6-18(16-27)15-25-23(28)22-14-20-7-3-4-8-21(20)26-22/h2-4,7-12,14,18,26H,1,5-6,13,15-16H2,(H,25,28)/t18-/m1/s1. The lowest BCUT2D eigenvalue weighted by molar-refractivity contribution is 0.0670. The van der Waals surface area contributed by atoms with E-state index in [9.17, 15) is 9.59 Å². The van der Waals surface area contributed by atoms with Crippen LogP contribution in [0.5, 0.6) is 0 Å². The molecule has 1 saturated heterocycles. The maximum absolute atomic E-state index is 12.8. The minimum atomic E-state index is -0.107. The van der Waals surface area contributed by atoms with Gasteiger partial charge in [-0.25, -0.2) is 0 Å². The Morgan fingerprint density at radius 3 is 2.72 bits per heavy atom. The molecule has 5 heteroatoms. The monoisotopic (exact) mass is 387 g/mol. The molecule has 29 heavy (non-hydrogen) atoms. The molecular weight excluding hydrogens is 362 g/mol. The van der Waals surface area contributed by atoms with Crippen molar-refractivity contribution in [3.63, 3.8) is 0 Å². The van der Waals surface area contributed by atoms with Crippen molar-refractivity contribution < 1.29 is 9.59 Å². The second-order valence-electron chi connectivity index (χ2n) is 7.57. The fraction of sp³-hybridized carbons (Fsp3) is 0.250. The van der Waals surface area contributed by atoms with Gasteiger partial charge < -0.3 is 15.2 Å². The number of aromatic nitrogens is 1. The Morgan fingerprint density at radius 2 is 1.97 bits per heavy atom. The Hall–Kier alpha value is -3.34. The first-order chi connectivity index (χ1) is 14.1. The van der Waals surface area contributed by atoms with Crippen molar-refractivity contribution in [3.8, 4) is 0 Å². The molecule has 2 aromatic carbocycles. The first-order valence-electron chi connectivity index (χ1n) is 10.0. The third kappa shape index (κ3) is 4.24. The average molecular weight is 387 g/mol. The van der Waals surface area contributed by atoms with Gasteiger partial charge in [-0.1, -0.05) is 43.0 Å². The number of benzene rings is 2. The number of nitrogens with zero attached hydrogens (tertiary/aromatic N) is 1. The van der Waals surface area contributed by atoms with E-state index in [2.05, 4.69) is 16.9 Å². The minimum Gasteiger partial charge on any atom is -0.351 e. The lowest BCUT2D eigenvalue weighted by atomic mass is 9.97. The molecule has 4 rings (SSSR count). The van der Waals surface area contributed by atoms with Gasteiger partial charge in [0.2, 0.25) is 0 Å². The highest BCUT2D eigenvalue weighted by Crippen LogP contribution is 2.19. The summed E-state index contributed by atoms with van der Waals surface area (Å²) in [5.74, 6) is 0.199. The smallest absolute Gasteiger partial charge is 0.267 e. The van der Waals surface area contributed by atoms with Crippen LogP contribution in [0.4, 0.5) is 0 Å². The lowest BCUT2D eigenvalue weighted by Crippen LogP contribution is -2.43. The molecule has 1 aliphatic heterocycles. The van der Waals surface area contributed by atoms with Crippen molar-refractivity contribution in [3.05, 3.63) is 78.0 Å². The molecule has 1 atom stereocenters. The molecule has 1 aromatic heterocycles. The SMILES string of the molecule is C=Cc1ccc(C(=O)N2CCC[C@H](CNC(=O)c3cc4ccccc4[nH]3)C2)cc1. The number of fused-ring (bicyclic) bond motifs is 1. The number of aromatic amines is 1. The summed E-state index contributed by atoms with van der Waals surface area (Å²) < 4.78 is 0. The van der Waals surface area contributed by atoms with Gasteiger partial charge in [-0.2, -0.15) is 0 Å². The van der Waals surface area contributed by atoms with Gasteiger partial charge in [-0.15, -0.1) is 0 Å². The van der Waals surface area contributed by atoms with E-state index < -0.39 is 0 Å². The molecule has 1 fully saturated rings. The fourth-order valence-electron chi connectivity index (χ4n) is 3.89. The number of carbonyl (C=O) groups is 2. The lowest BCUT2D eigenvalue weighted by Gasteiger charge is -2.33. The summed E-state index contributed by atoms with van der Waals surface area (Å²) in [4.78, 5) is 30.4. The number of hydrogen-bond acceptors (Lipinski definition) is 2. The molecule has 0 radical (unpaired) electrons. The molecule has 2 amide bonds. The molecule has 1 aliphatic rings. The summed E-state index contributed by atoms with van der Waals surface area (Å²) in [5.41, 5.74) is 3.21. The van der Waals surface area contributed by atoms with Crippen LogP contribution in [0.25, 0.3) is 17.0 Å². The first-order valence-corrected chi connectivity index (χ1v) is 10.0. The predicted octanol–water partition coefficient (Wildman–Crippen LogP) is 4.09. The van der Waals surface area contributed by atoms with E-state index in [4.69, 9.17) is 0 Å². The number of carbonyl (C=O) groups excluding carboxylic acids is 2. The number of hydrogen-bond donors (Lipinski definition) is 2. The number of piperidine rings is 1. The third-order valence-electron chi connectivity index (χ3n) is 5.53. The molecule has 2 N–H and O–H groups in total. The summed E-state index contributed by atoms with van der Waals surface area (Å²) in [7, 11) is 0. The fourth-order valence-corrected chi connectivity index (χ4v) is 3.89. The second-order valence-corrected chi connectivity index (χ2v) is 7.57. The Labute approximate surface area is 170 Å². The highest BCUT2D eigenvalue weighted by molar-refractivity contribution is 5.98. The Bertz CT molecular complexity index is 1000. The van der Waals surface area contributed by atoms with Gasteiger partial charge in [0.25, 0.3) is 11.8 Å². The van der Waals surface area contributed by atoms with Crippen LogP contribution in [-0.4, -0.2) is 41.3 Å². The van der Waals surface area contributed by atoms with Crippen molar-refractivity contribution in [1.29, 1.82) is 0 Å². The van der Waals surface area contributed by atoms with Crippen LogP contribution >= 0.6 is 0 Å². The number of likely N-dealkylation sites (tertiary alicyclic amines) is 1. The number of rotatable bonds is 5. The minimum absolute atomic E-state index is 0.0484. The summed E-state index contributed by atoms with van der Waals surface area (Å²) >= 11 is 0. The highest BCUT2D eigenvalue weighted by Gasteiger charge is 2.25. The molecule has 5 nitrogen and oxygen atoms in total. The molecule has 3 aromatic rings. The quantitative estimate of drug-likeness (QED) is 0.692. The van der Waals surface area contributed by atoms with E-state index in [1.165, 1.54) is 0 Å². The summed E-state index contributed by atoms with van der Waals surface area (Å²) in [5, 5.41) is 4.05. The first kappa shape index (κ1) is 19.0. The van der Waals surface area contributed by atoms with Gasteiger partial charge >= 0.3 is 0 Å². The summed E-state index contributed by atoms with van der Waals surface area (Å²) in [6, 6.07) is 17.2. The zero-order chi connectivity index (χ0) is 20.2. The average Bonchev–Trinajstić information content (AvgIpc) is 3.22. The topological polar surface area (TPSA) is 65.2 Å². The van der Waals surface area contributed by atoms with Crippen molar-refractivity contribution in [2.75, 3.05) is 19.6 Å². The van der Waals surface area contributed by atoms with Crippen LogP contribution in [0.1, 0.15) is 39.3 Å². The summed E-state index contributed by atoms with van der Waals surface area (Å²) in [6.45, 7) is 5.72. The largest absolute Gasteiger partial charge is 0.351 e. The van der Waals surface area contributed by atoms with Crippen molar-refractivity contribution in [1.82, 2.24) is 15.2 Å². The summed E-state index contributed by atoms with van der Waals surface area (Å²) in [6.07, 6.45) is 3.72. The van der Waals surface area contributed by atoms with Gasteiger partial charge in [0.05, 0.1) is 0 Å². The molecule has 0 aliphatic carbocycles. The van der Waals surface area contributed by atoms with Crippen molar-refractivity contribution in [2.24, 2.45) is 5.92 Å². The van der Waals surface area contributed by atoms with Crippen LogP contribution in [0.2, 0.25) is 0 Å². The van der Waals surface area contributed by atoms with Gasteiger partial charge in [0.1, 0.15) is 5.69 Å². The van der Waals surface area contributed by atoms with E-state index in [1.54, 1.807) is 6.08 Å². The molecule has 0 bridgehead atoms. The molecule has 0 unspecified atom stereocenters. The zero-order valence-corrected chi connectivity index (χ0v) is 16.4. The Morgan fingerprint density at radius 1 is 1.17 bits per heavy atom. The van der Waals surface area contributed by atoms with E-state index >= 15 is 0 Å². The van der Waals surface area contributed by atoms with E-state index in [0.717, 1.165) is 35.9 Å². The van der Waals surface area contributed by atoms with Gasteiger partial charge in [-0.05, 0) is 48.6 Å². The van der Waals surface area contributed by atoms with Crippen LogP contribution in [0.3, 0.4) is 0 Å². The predicted molar refractivity (Wildman–Crippen MR) is 116 cm³/mol. The van der Waals surface area contributed by atoms with Crippen LogP contribution in [0.15, 0.2) is 61.2 Å². The Balaban J connectivity index is 1.35. The van der Waals surface area contributed by atoms with Crippen molar-refractivity contribution in [2.45, 2.75) is 12.8 Å². The van der Waals surface area contributed by atoms with Gasteiger partial charge in [0, 0.05) is 36.1 Å². The normalized spacial score (nSPS) is 16.6. The van der Waals surface area contributed by atoms with Crippen LogP contribution in [-0.2, 0) is 0 Å². The molecule has 2 heterocycles. The van der Waals surface area contributed by atoms with Crippen LogP contribution < -0.4 is 5.32 Å². The van der Waals surface area contributed by atoms with Crippen molar-refractivity contribution >= 4 is 28.8 Å². The Kier molecular flexibility index (Phi) is 5.47. The zero-order valence-electron chi connectivity index (χ0n) is 16.4. The maximum Gasteiger partial charge on any atom is 0.267 e. The molecule has 0 saturated carbocycles. The molecular formula is C24H25N3O2.